The molecule has 0 radical (unpaired) electrons. The quantitative estimate of drug-likeness (QED) is 0.797. The van der Waals surface area contributed by atoms with E-state index in [0.29, 0.717) is 13.1 Å². The first-order chi connectivity index (χ1) is 9.45. The van der Waals surface area contributed by atoms with Crippen LogP contribution in [-0.2, 0) is 0 Å². The maximum Gasteiger partial charge on any atom is 0.412 e. The summed E-state index contributed by atoms with van der Waals surface area (Å²) >= 11 is 0. The number of halogens is 3. The van der Waals surface area contributed by atoms with Gasteiger partial charge in [0.15, 0.2) is 0 Å². The SMILES string of the molecule is CNC1(CCN2CC=C(C(F)(F)F)CC2)CCCCC1. The number of hydrogen-bond donors (Lipinski definition) is 1. The molecule has 0 spiro atoms. The van der Waals surface area contributed by atoms with E-state index in [-0.39, 0.29) is 17.5 Å². The van der Waals surface area contributed by atoms with Crippen LogP contribution in [-0.4, -0.2) is 43.3 Å². The highest BCUT2D eigenvalue weighted by Crippen LogP contribution is 2.32. The maximum absolute atomic E-state index is 12.6. The Bertz CT molecular complexity index is 344. The van der Waals surface area contributed by atoms with Gasteiger partial charge in [-0.25, -0.2) is 0 Å². The van der Waals surface area contributed by atoms with Crippen molar-refractivity contribution >= 4 is 0 Å². The molecular formula is C15H25F3N2. The van der Waals surface area contributed by atoms with Gasteiger partial charge in [0.25, 0.3) is 0 Å². The minimum absolute atomic E-state index is 0.135. The van der Waals surface area contributed by atoms with E-state index in [1.54, 1.807) is 0 Å². The first-order valence-corrected chi connectivity index (χ1v) is 7.63. The zero-order valence-corrected chi connectivity index (χ0v) is 12.2. The average molecular weight is 290 g/mol. The highest BCUT2D eigenvalue weighted by Gasteiger charge is 2.35. The Morgan fingerprint density at radius 2 is 1.95 bits per heavy atom. The van der Waals surface area contributed by atoms with Crippen LogP contribution in [0.5, 0.6) is 0 Å². The van der Waals surface area contributed by atoms with Gasteiger partial charge in [0.05, 0.1) is 0 Å². The lowest BCUT2D eigenvalue weighted by atomic mass is 9.79. The molecule has 5 heteroatoms. The van der Waals surface area contributed by atoms with Crippen LogP contribution in [0.1, 0.15) is 44.9 Å². The number of nitrogens with one attached hydrogen (secondary N) is 1. The zero-order chi connectivity index (χ0) is 14.6. The van der Waals surface area contributed by atoms with Crippen molar-refractivity contribution in [3.05, 3.63) is 11.6 Å². The summed E-state index contributed by atoms with van der Waals surface area (Å²) in [5.74, 6) is 0. The predicted octanol–water partition coefficient (Wildman–Crippen LogP) is 3.49. The average Bonchev–Trinajstić information content (AvgIpc) is 2.46. The number of rotatable bonds is 4. The molecule has 1 N–H and O–H groups in total. The molecule has 2 aliphatic rings. The first kappa shape index (κ1) is 15.8. The minimum Gasteiger partial charge on any atom is -0.314 e. The molecule has 1 fully saturated rings. The number of nitrogens with zero attached hydrogens (tertiary/aromatic N) is 1. The van der Waals surface area contributed by atoms with Crippen molar-refractivity contribution in [3.8, 4) is 0 Å². The standard InChI is InChI=1S/C15H25F3N2/c1-19-14(7-3-2-4-8-14)9-12-20-10-5-13(6-11-20)15(16,17)18/h5,19H,2-4,6-12H2,1H3. The Labute approximate surface area is 119 Å². The van der Waals surface area contributed by atoms with Gasteiger partial charge in [0.2, 0.25) is 0 Å². The van der Waals surface area contributed by atoms with Crippen LogP contribution in [0.25, 0.3) is 0 Å². The van der Waals surface area contributed by atoms with E-state index in [1.165, 1.54) is 38.2 Å². The normalized spacial score (nSPS) is 24.5. The third-order valence-electron chi connectivity index (χ3n) is 4.90. The fourth-order valence-corrected chi connectivity index (χ4v) is 3.40. The molecule has 0 aromatic carbocycles. The van der Waals surface area contributed by atoms with E-state index in [1.807, 2.05) is 7.05 Å². The smallest absolute Gasteiger partial charge is 0.314 e. The molecule has 1 aliphatic heterocycles. The monoisotopic (exact) mass is 290 g/mol. The van der Waals surface area contributed by atoms with E-state index >= 15 is 0 Å². The molecular weight excluding hydrogens is 265 g/mol. The van der Waals surface area contributed by atoms with E-state index < -0.39 is 6.18 Å². The van der Waals surface area contributed by atoms with Crippen molar-refractivity contribution in [2.75, 3.05) is 26.7 Å². The molecule has 0 amide bonds. The molecule has 0 saturated heterocycles. The largest absolute Gasteiger partial charge is 0.412 e. The third kappa shape index (κ3) is 3.98. The molecule has 0 atom stereocenters. The summed E-state index contributed by atoms with van der Waals surface area (Å²) in [5, 5.41) is 3.47. The lowest BCUT2D eigenvalue weighted by Crippen LogP contribution is -2.47. The van der Waals surface area contributed by atoms with Gasteiger partial charge in [0, 0.05) is 30.7 Å². The molecule has 0 aromatic rings. The first-order valence-electron chi connectivity index (χ1n) is 7.63. The van der Waals surface area contributed by atoms with E-state index in [2.05, 4.69) is 10.2 Å². The van der Waals surface area contributed by atoms with Crippen LogP contribution in [0.15, 0.2) is 11.6 Å². The number of alkyl halides is 3. The molecule has 0 bridgehead atoms. The van der Waals surface area contributed by atoms with Crippen LogP contribution in [0.2, 0.25) is 0 Å². The lowest BCUT2D eigenvalue weighted by Gasteiger charge is -2.39. The fraction of sp³-hybridized carbons (Fsp3) is 0.867. The van der Waals surface area contributed by atoms with Crippen molar-refractivity contribution in [2.45, 2.75) is 56.7 Å². The fourth-order valence-electron chi connectivity index (χ4n) is 3.40. The highest BCUT2D eigenvalue weighted by atomic mass is 19.4. The molecule has 116 valence electrons. The molecule has 2 rings (SSSR count). The molecule has 1 heterocycles. The molecule has 1 saturated carbocycles. The van der Waals surface area contributed by atoms with Crippen LogP contribution >= 0.6 is 0 Å². The molecule has 0 aromatic heterocycles. The summed E-state index contributed by atoms with van der Waals surface area (Å²) in [5.41, 5.74) is -0.138. The predicted molar refractivity (Wildman–Crippen MR) is 74.7 cm³/mol. The van der Waals surface area contributed by atoms with Crippen LogP contribution in [0, 0.1) is 0 Å². The van der Waals surface area contributed by atoms with E-state index in [9.17, 15) is 13.2 Å². The van der Waals surface area contributed by atoms with Gasteiger partial charge in [-0.15, -0.1) is 0 Å². The van der Waals surface area contributed by atoms with Crippen LogP contribution < -0.4 is 5.32 Å². The summed E-state index contributed by atoms with van der Waals surface area (Å²) in [6, 6.07) is 0. The van der Waals surface area contributed by atoms with Gasteiger partial charge in [0.1, 0.15) is 0 Å². The minimum atomic E-state index is -4.14. The van der Waals surface area contributed by atoms with Crippen molar-refractivity contribution in [1.29, 1.82) is 0 Å². The summed E-state index contributed by atoms with van der Waals surface area (Å²) < 4.78 is 37.7. The molecule has 0 unspecified atom stereocenters. The zero-order valence-electron chi connectivity index (χ0n) is 12.2. The summed E-state index contributed by atoms with van der Waals surface area (Å²) in [4.78, 5) is 2.14. The summed E-state index contributed by atoms with van der Waals surface area (Å²) in [6.45, 7) is 1.86. The van der Waals surface area contributed by atoms with Gasteiger partial charge in [-0.3, -0.25) is 4.90 Å². The van der Waals surface area contributed by atoms with Gasteiger partial charge >= 0.3 is 6.18 Å². The number of hydrogen-bond acceptors (Lipinski definition) is 2. The Hall–Kier alpha value is -0.550. The van der Waals surface area contributed by atoms with Crippen molar-refractivity contribution in [1.82, 2.24) is 10.2 Å². The Morgan fingerprint density at radius 3 is 2.45 bits per heavy atom. The maximum atomic E-state index is 12.6. The van der Waals surface area contributed by atoms with Crippen molar-refractivity contribution in [3.63, 3.8) is 0 Å². The van der Waals surface area contributed by atoms with E-state index in [0.717, 1.165) is 13.0 Å². The second-order valence-corrected chi connectivity index (χ2v) is 6.12. The van der Waals surface area contributed by atoms with Crippen LogP contribution in [0.3, 0.4) is 0 Å². The van der Waals surface area contributed by atoms with Gasteiger partial charge in [-0.05, 0) is 32.7 Å². The van der Waals surface area contributed by atoms with Gasteiger partial charge < -0.3 is 5.32 Å². The summed E-state index contributed by atoms with van der Waals surface area (Å²) in [6.07, 6.45) is 4.62. The molecule has 20 heavy (non-hydrogen) atoms. The highest BCUT2D eigenvalue weighted by molar-refractivity contribution is 5.13. The van der Waals surface area contributed by atoms with Gasteiger partial charge in [-0.2, -0.15) is 13.2 Å². The molecule has 1 aliphatic carbocycles. The Balaban J connectivity index is 1.82. The summed E-state index contributed by atoms with van der Waals surface area (Å²) in [7, 11) is 2.02. The van der Waals surface area contributed by atoms with Crippen molar-refractivity contribution in [2.24, 2.45) is 0 Å². The van der Waals surface area contributed by atoms with Crippen molar-refractivity contribution < 1.29 is 13.2 Å². The second-order valence-electron chi connectivity index (χ2n) is 6.12. The Morgan fingerprint density at radius 1 is 1.25 bits per heavy atom. The van der Waals surface area contributed by atoms with E-state index in [4.69, 9.17) is 0 Å². The topological polar surface area (TPSA) is 15.3 Å². The van der Waals surface area contributed by atoms with Crippen LogP contribution in [0.4, 0.5) is 13.2 Å². The Kier molecular flexibility index (Phi) is 5.13. The molecule has 2 nitrogen and oxygen atoms in total. The van der Waals surface area contributed by atoms with Gasteiger partial charge in [-0.1, -0.05) is 25.3 Å². The third-order valence-corrected chi connectivity index (χ3v) is 4.90. The second kappa shape index (κ2) is 6.48. The lowest BCUT2D eigenvalue weighted by molar-refractivity contribution is -0.0960.